The zero-order valence-electron chi connectivity index (χ0n) is 15.6. The number of nitrogens with one attached hydrogen (secondary N) is 1. The van der Waals surface area contributed by atoms with E-state index in [2.05, 4.69) is 20.5 Å². The van der Waals surface area contributed by atoms with Crippen molar-refractivity contribution in [3.63, 3.8) is 0 Å². The van der Waals surface area contributed by atoms with E-state index in [9.17, 15) is 9.59 Å². The van der Waals surface area contributed by atoms with E-state index < -0.39 is 6.16 Å². The Labute approximate surface area is 161 Å². The molecule has 0 saturated heterocycles. The minimum absolute atomic E-state index is 0.0758. The molecule has 0 fully saturated rings. The Hall–Kier alpha value is -3.53. The number of para-hydroxylation sites is 1. The van der Waals surface area contributed by atoms with E-state index in [1.54, 1.807) is 50.2 Å². The van der Waals surface area contributed by atoms with Crippen LogP contribution < -0.4 is 21.5 Å². The van der Waals surface area contributed by atoms with Gasteiger partial charge >= 0.3 is 6.16 Å². The summed E-state index contributed by atoms with van der Waals surface area (Å²) in [6.07, 6.45) is -0.966. The van der Waals surface area contributed by atoms with Crippen molar-refractivity contribution in [1.29, 1.82) is 0 Å². The molecular weight excluding hydrogens is 364 g/mol. The van der Waals surface area contributed by atoms with Gasteiger partial charge in [-0.25, -0.2) is 9.78 Å². The minimum atomic E-state index is -0.837. The van der Waals surface area contributed by atoms with Gasteiger partial charge in [-0.1, -0.05) is 12.1 Å². The number of benzene rings is 1. The van der Waals surface area contributed by atoms with Crippen molar-refractivity contribution < 1.29 is 19.1 Å². The van der Waals surface area contributed by atoms with Crippen molar-refractivity contribution in [3.8, 4) is 5.75 Å². The second-order valence-corrected chi connectivity index (χ2v) is 5.87. The number of azo groups is 1. The lowest BCUT2D eigenvalue weighted by Crippen LogP contribution is -2.17. The third-order valence-corrected chi connectivity index (χ3v) is 3.20. The van der Waals surface area contributed by atoms with Gasteiger partial charge in [0.25, 0.3) is 0 Å². The highest BCUT2D eigenvalue weighted by Gasteiger charge is 2.12. The normalized spacial score (nSPS) is 10.9. The topological polar surface area (TPSA) is 154 Å². The number of anilines is 2. The molecule has 1 heterocycles. The Bertz CT molecular complexity index is 869. The van der Waals surface area contributed by atoms with Gasteiger partial charge in [0.05, 0.1) is 6.10 Å². The van der Waals surface area contributed by atoms with E-state index in [0.717, 1.165) is 0 Å². The predicted molar refractivity (Wildman–Crippen MR) is 104 cm³/mol. The molecule has 0 saturated carbocycles. The standard InChI is InChI=1S/C18H22N6O4/c1-11(2)27-18(26)28-14-6-4-3-5-12(14)23-24-13-7-8-15(22-17(13)20)21-16(25)9-10-19/h3-8,11H,9-10,19H2,1-2H3,(H3,20,21,22,25). The molecule has 0 aliphatic rings. The summed E-state index contributed by atoms with van der Waals surface area (Å²) in [5.41, 5.74) is 11.8. The molecule has 1 amide bonds. The molecule has 2 aromatic rings. The number of nitrogen functional groups attached to an aromatic ring is 1. The average Bonchev–Trinajstić information content (AvgIpc) is 2.61. The third kappa shape index (κ3) is 6.32. The largest absolute Gasteiger partial charge is 0.514 e. The summed E-state index contributed by atoms with van der Waals surface area (Å²) in [7, 11) is 0. The van der Waals surface area contributed by atoms with Gasteiger partial charge in [-0.3, -0.25) is 4.79 Å². The molecule has 0 atom stereocenters. The Kier molecular flexibility index (Phi) is 7.40. The van der Waals surface area contributed by atoms with Gasteiger partial charge in [0.2, 0.25) is 5.91 Å². The second-order valence-electron chi connectivity index (χ2n) is 5.87. The van der Waals surface area contributed by atoms with Crippen LogP contribution in [-0.2, 0) is 9.53 Å². The molecule has 0 bridgehead atoms. The van der Waals surface area contributed by atoms with Crippen molar-refractivity contribution in [3.05, 3.63) is 36.4 Å². The highest BCUT2D eigenvalue weighted by Crippen LogP contribution is 2.30. The molecule has 1 aromatic carbocycles. The van der Waals surface area contributed by atoms with Crippen molar-refractivity contribution in [2.24, 2.45) is 16.0 Å². The number of nitrogens with two attached hydrogens (primary N) is 2. The second kappa shape index (κ2) is 9.97. The maximum atomic E-state index is 11.7. The van der Waals surface area contributed by atoms with Gasteiger partial charge in [-0.15, -0.1) is 10.2 Å². The van der Waals surface area contributed by atoms with Gasteiger partial charge in [-0.2, -0.15) is 0 Å². The highest BCUT2D eigenvalue weighted by atomic mass is 16.7. The lowest BCUT2D eigenvalue weighted by atomic mass is 10.3. The summed E-state index contributed by atoms with van der Waals surface area (Å²) >= 11 is 0. The maximum absolute atomic E-state index is 11.7. The first kappa shape index (κ1) is 20.8. The van der Waals surface area contributed by atoms with Crippen LogP contribution in [0.25, 0.3) is 0 Å². The van der Waals surface area contributed by atoms with Gasteiger partial charge in [0, 0.05) is 13.0 Å². The molecule has 0 unspecified atom stereocenters. The fourth-order valence-corrected chi connectivity index (χ4v) is 2.00. The molecule has 10 nitrogen and oxygen atoms in total. The van der Waals surface area contributed by atoms with Gasteiger partial charge in [0.1, 0.15) is 17.2 Å². The van der Waals surface area contributed by atoms with Crippen molar-refractivity contribution in [1.82, 2.24) is 4.98 Å². The Morgan fingerprint density at radius 1 is 1.14 bits per heavy atom. The molecule has 0 spiro atoms. The van der Waals surface area contributed by atoms with E-state index in [-0.39, 0.29) is 48.0 Å². The molecule has 148 valence electrons. The van der Waals surface area contributed by atoms with Crippen molar-refractivity contribution >= 4 is 35.1 Å². The molecule has 10 heteroatoms. The first-order valence-electron chi connectivity index (χ1n) is 8.54. The molecule has 28 heavy (non-hydrogen) atoms. The molecule has 0 radical (unpaired) electrons. The molecule has 0 aliphatic carbocycles. The first-order chi connectivity index (χ1) is 13.4. The fraction of sp³-hybridized carbons (Fsp3) is 0.278. The molecular formula is C18H22N6O4. The number of aromatic nitrogens is 1. The fourth-order valence-electron chi connectivity index (χ4n) is 2.00. The number of rotatable bonds is 7. The van der Waals surface area contributed by atoms with Gasteiger partial charge in [0.15, 0.2) is 11.6 Å². The number of amides is 1. The highest BCUT2D eigenvalue weighted by molar-refractivity contribution is 5.90. The lowest BCUT2D eigenvalue weighted by molar-refractivity contribution is -0.116. The van der Waals surface area contributed by atoms with Crippen LogP contribution in [0, 0.1) is 0 Å². The quantitative estimate of drug-likeness (QED) is 0.374. The molecule has 0 aliphatic heterocycles. The Morgan fingerprint density at radius 2 is 1.86 bits per heavy atom. The summed E-state index contributed by atoms with van der Waals surface area (Å²) in [6.45, 7) is 3.66. The number of hydrogen-bond donors (Lipinski definition) is 3. The third-order valence-electron chi connectivity index (χ3n) is 3.20. The van der Waals surface area contributed by atoms with Crippen LogP contribution in [0.4, 0.5) is 27.8 Å². The Balaban J connectivity index is 2.13. The van der Waals surface area contributed by atoms with Crippen LogP contribution in [0.2, 0.25) is 0 Å². The van der Waals surface area contributed by atoms with E-state index in [1.165, 1.54) is 0 Å². The number of hydrogen-bond acceptors (Lipinski definition) is 9. The van der Waals surface area contributed by atoms with E-state index in [0.29, 0.717) is 5.69 Å². The van der Waals surface area contributed by atoms with Crippen molar-refractivity contribution in [2.75, 3.05) is 17.6 Å². The zero-order chi connectivity index (χ0) is 20.5. The van der Waals surface area contributed by atoms with Crippen LogP contribution in [0.3, 0.4) is 0 Å². The summed E-state index contributed by atoms with van der Waals surface area (Å²) in [6, 6.07) is 9.68. The van der Waals surface area contributed by atoms with Crippen LogP contribution in [0.15, 0.2) is 46.6 Å². The number of ether oxygens (including phenoxy) is 2. The number of pyridine rings is 1. The Morgan fingerprint density at radius 3 is 2.54 bits per heavy atom. The van der Waals surface area contributed by atoms with Gasteiger partial charge < -0.3 is 26.3 Å². The molecule has 2 rings (SSSR count). The van der Waals surface area contributed by atoms with Crippen LogP contribution in [0.5, 0.6) is 5.75 Å². The molecule has 1 aromatic heterocycles. The van der Waals surface area contributed by atoms with Crippen LogP contribution in [0.1, 0.15) is 20.3 Å². The average molecular weight is 386 g/mol. The van der Waals surface area contributed by atoms with Crippen molar-refractivity contribution in [2.45, 2.75) is 26.4 Å². The van der Waals surface area contributed by atoms with Crippen LogP contribution in [-0.4, -0.2) is 29.7 Å². The summed E-state index contributed by atoms with van der Waals surface area (Å²) in [5, 5.41) is 10.7. The number of nitrogens with zero attached hydrogens (tertiary/aromatic N) is 3. The lowest BCUT2D eigenvalue weighted by Gasteiger charge is -2.09. The first-order valence-corrected chi connectivity index (χ1v) is 8.54. The van der Waals surface area contributed by atoms with E-state index >= 15 is 0 Å². The summed E-state index contributed by atoms with van der Waals surface area (Å²) in [5.74, 6) is 0.291. The minimum Gasteiger partial charge on any atom is -0.431 e. The maximum Gasteiger partial charge on any atom is 0.514 e. The number of carbonyl (C=O) groups is 2. The SMILES string of the molecule is CC(C)OC(=O)Oc1ccccc1N=Nc1ccc(NC(=O)CCN)nc1N. The van der Waals surface area contributed by atoms with E-state index in [4.69, 9.17) is 20.9 Å². The van der Waals surface area contributed by atoms with E-state index in [1.807, 2.05) is 0 Å². The summed E-state index contributed by atoms with van der Waals surface area (Å²) in [4.78, 5) is 27.3. The summed E-state index contributed by atoms with van der Waals surface area (Å²) < 4.78 is 10.1. The predicted octanol–water partition coefficient (Wildman–Crippen LogP) is 3.29. The van der Waals surface area contributed by atoms with Crippen LogP contribution >= 0.6 is 0 Å². The smallest absolute Gasteiger partial charge is 0.431 e. The molecule has 5 N–H and O–H groups in total. The van der Waals surface area contributed by atoms with Gasteiger partial charge in [-0.05, 0) is 38.1 Å². The number of carbonyl (C=O) groups excluding carboxylic acids is 2. The zero-order valence-corrected chi connectivity index (χ0v) is 15.6. The monoisotopic (exact) mass is 386 g/mol.